The van der Waals surface area contributed by atoms with Crippen LogP contribution in [0.5, 0.6) is 0 Å². The highest BCUT2D eigenvalue weighted by Crippen LogP contribution is 2.29. The van der Waals surface area contributed by atoms with Gasteiger partial charge in [0.15, 0.2) is 5.82 Å². The second-order valence-electron chi connectivity index (χ2n) is 7.34. The molecule has 168 valence electrons. The zero-order valence-electron chi connectivity index (χ0n) is 16.8. The van der Waals surface area contributed by atoms with Crippen molar-refractivity contribution in [1.82, 2.24) is 30.4 Å². The van der Waals surface area contributed by atoms with E-state index in [1.165, 1.54) is 25.5 Å². The summed E-state index contributed by atoms with van der Waals surface area (Å²) in [4.78, 5) is 29.8. The smallest absolute Gasteiger partial charge is 0.314 e. The van der Waals surface area contributed by atoms with E-state index in [1.807, 2.05) is 10.3 Å². The zero-order chi connectivity index (χ0) is 22.8. The van der Waals surface area contributed by atoms with Crippen molar-refractivity contribution in [3.8, 4) is 11.3 Å². The number of sulfonamides is 1. The number of carbonyl (C=O) groups is 2. The van der Waals surface area contributed by atoms with Crippen molar-refractivity contribution in [3.05, 3.63) is 41.1 Å². The maximum atomic E-state index is 14.4. The van der Waals surface area contributed by atoms with Crippen molar-refractivity contribution in [2.75, 3.05) is 12.8 Å². The Morgan fingerprint density at radius 2 is 2.03 bits per heavy atom. The number of nitrogens with one attached hydrogen (secondary N) is 4. The Balaban J connectivity index is 1.60. The number of amides is 3. The summed E-state index contributed by atoms with van der Waals surface area (Å²) >= 11 is 5.90. The fourth-order valence-electron chi connectivity index (χ4n) is 3.25. The molecule has 3 amide bonds. The van der Waals surface area contributed by atoms with E-state index >= 15 is 0 Å². The van der Waals surface area contributed by atoms with Crippen LogP contribution in [0, 0.1) is 11.7 Å². The van der Waals surface area contributed by atoms with Crippen LogP contribution in [0.4, 0.5) is 9.18 Å². The van der Waals surface area contributed by atoms with Gasteiger partial charge >= 0.3 is 6.03 Å². The van der Waals surface area contributed by atoms with E-state index in [-0.39, 0.29) is 28.8 Å². The Kier molecular flexibility index (Phi) is 6.82. The van der Waals surface area contributed by atoms with Gasteiger partial charge in [-0.2, -0.15) is 0 Å². The first-order valence-corrected chi connectivity index (χ1v) is 11.4. The van der Waals surface area contributed by atoms with E-state index in [2.05, 4.69) is 15.6 Å². The Bertz CT molecular complexity index is 1100. The summed E-state index contributed by atoms with van der Waals surface area (Å²) in [7, 11) is -0.622. The van der Waals surface area contributed by atoms with Crippen LogP contribution in [-0.2, 0) is 17.1 Å². The first-order valence-electron chi connectivity index (χ1n) is 9.33. The number of aromatic nitrogens is 2. The number of rotatable bonds is 7. The normalized spacial score (nSPS) is 18.2. The summed E-state index contributed by atoms with van der Waals surface area (Å²) in [5, 5.41) is 4.82. The van der Waals surface area contributed by atoms with Gasteiger partial charge < -0.3 is 15.2 Å². The first-order chi connectivity index (χ1) is 14.6. The molecule has 0 bridgehead atoms. The average molecular weight is 473 g/mol. The van der Waals surface area contributed by atoms with Crippen molar-refractivity contribution in [1.29, 1.82) is 0 Å². The van der Waals surface area contributed by atoms with Crippen molar-refractivity contribution in [2.45, 2.75) is 18.9 Å². The Morgan fingerprint density at radius 1 is 1.32 bits per heavy atom. The summed E-state index contributed by atoms with van der Waals surface area (Å²) in [5.41, 5.74) is 2.48. The molecule has 0 spiro atoms. The highest BCUT2D eigenvalue weighted by molar-refractivity contribution is 7.89. The molecule has 31 heavy (non-hydrogen) atoms. The fraction of sp³-hybridized carbons (Fsp3) is 0.389. The van der Waals surface area contributed by atoms with Crippen LogP contribution in [0.25, 0.3) is 11.3 Å². The topological polar surface area (TPSA) is 134 Å². The monoisotopic (exact) mass is 472 g/mol. The summed E-state index contributed by atoms with van der Waals surface area (Å²) in [6, 6.07) is 2.15. The van der Waals surface area contributed by atoms with Crippen LogP contribution in [0.2, 0.25) is 5.02 Å². The minimum Gasteiger partial charge on any atom is -0.341 e. The molecule has 0 atom stereocenters. The molecule has 1 saturated carbocycles. The van der Waals surface area contributed by atoms with Gasteiger partial charge in [0.25, 0.3) is 5.91 Å². The molecule has 0 radical (unpaired) electrons. The number of nitrogens with zero attached hydrogens (tertiary/aromatic N) is 2. The van der Waals surface area contributed by atoms with Crippen LogP contribution in [0.3, 0.4) is 0 Å². The maximum absolute atomic E-state index is 14.4. The van der Waals surface area contributed by atoms with Crippen LogP contribution in [0.15, 0.2) is 24.7 Å². The second kappa shape index (κ2) is 9.20. The minimum atomic E-state index is -3.87. The molecule has 3 rings (SSSR count). The van der Waals surface area contributed by atoms with E-state index in [9.17, 15) is 22.4 Å². The third kappa shape index (κ3) is 5.71. The molecule has 2 aromatic rings. The molecule has 0 saturated heterocycles. The number of carbonyl (C=O) groups excluding carboxylic acids is 2. The molecule has 0 unspecified atom stereocenters. The largest absolute Gasteiger partial charge is 0.341 e. The van der Waals surface area contributed by atoms with Crippen molar-refractivity contribution < 1.29 is 22.4 Å². The maximum Gasteiger partial charge on any atom is 0.314 e. The molecule has 0 aliphatic heterocycles. The summed E-state index contributed by atoms with van der Waals surface area (Å²) < 4.78 is 40.5. The van der Waals surface area contributed by atoms with Crippen LogP contribution in [0.1, 0.15) is 23.2 Å². The quantitative estimate of drug-likeness (QED) is 0.448. The standard InChI is InChI=1S/C18H22ClFN6O4S/c1-21-18(28)23-12-3-10(4-12)8-31(29,30)25-24-17(27)13-5-11(6-14(19)16(13)20)15-7-26(2)9-22-15/h5-7,9-10,12,25H,3-4,8H2,1-2H3,(H,24,27)(H2,21,23,28)/t10-,12+. The molecule has 1 aromatic carbocycles. The van der Waals surface area contributed by atoms with Gasteiger partial charge in [-0.1, -0.05) is 11.6 Å². The van der Waals surface area contributed by atoms with Gasteiger partial charge in [0, 0.05) is 31.9 Å². The van der Waals surface area contributed by atoms with E-state index in [1.54, 1.807) is 17.8 Å². The van der Waals surface area contributed by atoms with E-state index < -0.39 is 27.3 Å². The second-order valence-corrected chi connectivity index (χ2v) is 9.51. The van der Waals surface area contributed by atoms with E-state index in [4.69, 9.17) is 11.6 Å². The predicted octanol–water partition coefficient (Wildman–Crippen LogP) is 1.15. The molecule has 4 N–H and O–H groups in total. The molecule has 10 nitrogen and oxygen atoms in total. The highest BCUT2D eigenvalue weighted by atomic mass is 35.5. The molecule has 1 fully saturated rings. The summed E-state index contributed by atoms with van der Waals surface area (Å²) in [6.07, 6.45) is 4.20. The van der Waals surface area contributed by atoms with Gasteiger partial charge in [-0.25, -0.2) is 22.6 Å². The number of hydrazine groups is 1. The van der Waals surface area contributed by atoms with Gasteiger partial charge in [0.1, 0.15) is 0 Å². The average Bonchev–Trinajstić information content (AvgIpc) is 3.12. The lowest BCUT2D eigenvalue weighted by atomic mass is 9.82. The molecule has 1 aromatic heterocycles. The van der Waals surface area contributed by atoms with Gasteiger partial charge in [-0.05, 0) is 30.9 Å². The summed E-state index contributed by atoms with van der Waals surface area (Å²) in [5.74, 6) is -2.37. The van der Waals surface area contributed by atoms with Gasteiger partial charge in [-0.3, -0.25) is 10.2 Å². The number of benzene rings is 1. The Labute approximate surface area is 183 Å². The van der Waals surface area contributed by atoms with Crippen molar-refractivity contribution in [3.63, 3.8) is 0 Å². The fourth-order valence-corrected chi connectivity index (χ4v) is 4.70. The molecule has 1 aliphatic carbocycles. The number of hydrogen-bond acceptors (Lipinski definition) is 5. The number of aryl methyl sites for hydroxylation is 1. The SMILES string of the molecule is CNC(=O)N[C@H]1C[C@@H](CS(=O)(=O)NNC(=O)c2cc(-c3cn(C)cn3)cc(Cl)c2F)C1. The van der Waals surface area contributed by atoms with E-state index in [0.717, 1.165) is 0 Å². The number of hydrogen-bond donors (Lipinski definition) is 4. The van der Waals surface area contributed by atoms with Crippen LogP contribution < -0.4 is 20.9 Å². The molecule has 1 aliphatic rings. The van der Waals surface area contributed by atoms with Gasteiger partial charge in [0.2, 0.25) is 10.0 Å². The molecular weight excluding hydrogens is 451 g/mol. The zero-order valence-corrected chi connectivity index (χ0v) is 18.3. The third-order valence-corrected chi connectivity index (χ3v) is 6.44. The highest BCUT2D eigenvalue weighted by Gasteiger charge is 2.33. The predicted molar refractivity (Wildman–Crippen MR) is 112 cm³/mol. The lowest BCUT2D eigenvalue weighted by Crippen LogP contribution is -2.51. The van der Waals surface area contributed by atoms with Crippen LogP contribution >= 0.6 is 11.6 Å². The molecular formula is C18H22ClFN6O4S. The number of urea groups is 1. The van der Waals surface area contributed by atoms with Crippen LogP contribution in [-0.4, -0.2) is 48.7 Å². The number of imidazole rings is 1. The van der Waals surface area contributed by atoms with Gasteiger partial charge in [0.05, 0.1) is 28.4 Å². The van der Waals surface area contributed by atoms with Crippen molar-refractivity contribution >= 4 is 33.6 Å². The lowest BCUT2D eigenvalue weighted by molar-refractivity contribution is 0.0940. The first kappa shape index (κ1) is 23.0. The Hall–Kier alpha value is -2.70. The number of halogens is 2. The third-order valence-electron chi connectivity index (χ3n) is 4.85. The van der Waals surface area contributed by atoms with Gasteiger partial charge in [-0.15, -0.1) is 4.83 Å². The summed E-state index contributed by atoms with van der Waals surface area (Å²) in [6.45, 7) is 0. The van der Waals surface area contributed by atoms with Crippen molar-refractivity contribution in [2.24, 2.45) is 13.0 Å². The Morgan fingerprint density at radius 3 is 2.65 bits per heavy atom. The lowest BCUT2D eigenvalue weighted by Gasteiger charge is -2.35. The molecule has 13 heteroatoms. The minimum absolute atomic E-state index is 0.0969. The van der Waals surface area contributed by atoms with E-state index in [0.29, 0.717) is 24.1 Å². The molecule has 1 heterocycles.